The second kappa shape index (κ2) is 49.5. The normalized spacial score (nSPS) is 16.1. The van der Waals surface area contributed by atoms with Gasteiger partial charge in [-0.3, -0.25) is 57.5 Å². The number of aromatic amines is 1. The lowest BCUT2D eigenvalue weighted by atomic mass is 9.94. The highest BCUT2D eigenvalue weighted by Gasteiger charge is 2.42. The molecular formula is C85H124N14O16S. The fraction of sp³-hybridized carbons (Fsp3) is 0.541. The Hall–Kier alpha value is -10.4. The predicted molar refractivity (Wildman–Crippen MR) is 447 cm³/mol. The molecule has 636 valence electrons. The zero-order valence-electron chi connectivity index (χ0n) is 68.9. The van der Waals surface area contributed by atoms with Gasteiger partial charge in [-0.15, -0.1) is 0 Å². The van der Waals surface area contributed by atoms with E-state index >= 15 is 9.59 Å². The summed E-state index contributed by atoms with van der Waals surface area (Å²) in [4.78, 5) is 187. The number of H-pyrrole nitrogens is 1. The van der Waals surface area contributed by atoms with E-state index in [1.807, 2.05) is 26.8 Å². The maximum atomic E-state index is 15.1. The molecule has 4 aromatic rings. The molecule has 0 unspecified atom stereocenters. The molecule has 1 saturated heterocycles. The molecule has 1 aliphatic rings. The second-order valence-electron chi connectivity index (χ2n) is 30.9. The Morgan fingerprint density at radius 3 is 1.76 bits per heavy atom. The van der Waals surface area contributed by atoms with Gasteiger partial charge < -0.3 is 89.8 Å². The Morgan fingerprint density at radius 1 is 0.586 bits per heavy atom. The fourth-order valence-electron chi connectivity index (χ4n) is 13.2. The maximum absolute atomic E-state index is 15.1. The first-order valence-corrected chi connectivity index (χ1v) is 41.4. The number of aromatic nitrogens is 1. The number of aromatic hydroxyl groups is 1. The molecule has 1 aromatic heterocycles. The first-order valence-electron chi connectivity index (χ1n) is 40.2. The number of allylic oxidation sites excluding steroid dienone is 5. The van der Waals surface area contributed by atoms with Crippen molar-refractivity contribution in [2.45, 2.75) is 245 Å². The molecule has 2 heterocycles. The topological polar surface area (TPSA) is 474 Å². The lowest BCUT2D eigenvalue weighted by molar-refractivity contribution is -0.146. The summed E-state index contributed by atoms with van der Waals surface area (Å²) < 4.78 is 0. The molecule has 0 spiro atoms. The van der Waals surface area contributed by atoms with Crippen LogP contribution in [0.5, 0.6) is 5.75 Å². The standard InChI is InChI=1S/C85H124N14O16S/c1-12-54(9)73(98-83(112)74(55(10)13-2)97-76(105)62(87)43-58-34-36-60(100)37-35-58)82(111)92-64(32-19-20-39-86)77(106)89-48-71(101)91-65(42-51(5)6)78(107)93-66(44-57-28-15-14-16-29-57)79(108)94-67(45-59-47-88-63-31-18-17-30-61(59)63)80(109)95-68(46-72(102)103)84(113)99-40-23-33-70(99)81(110)90-56(11)75(104)96-69(85(114)115)49-116-41-38-53(8)27-22-26-52(7)25-21-24-50(3)4/h14-18,24,26,28-31,34-38,47,51,54-56,62,64-70,73-74,88,100H,12-13,19-23,25,27,32-33,39-46,48-49,86-87H2,1-11H3,(H,89,106)(H,90,110)(H,91,101)(H,92,111)(H,93,107)(H,94,108)(H,95,109)(H,96,104)(H,97,105)(H,98,112)(H,102,103)(H,114,115)/b52-26+,53-38+/t54-,55-,56-,62-,64-,65-,66-,67-,68-,69-,70-,73-,74-/m0/s1. The summed E-state index contributed by atoms with van der Waals surface area (Å²) in [5.41, 5.74) is 18.3. The molecule has 0 radical (unpaired) electrons. The number of carboxylic acids is 2. The number of carboxylic acid groups (broad SMARTS) is 2. The number of nitrogens with two attached hydrogens (primary N) is 2. The SMILES string of the molecule is CC[C@H](C)[C@H](NC(=O)[C@@H](NC(=O)[C@@H](N)Cc1ccc(O)cc1)[C@@H](C)CC)C(=O)N[C@@H](CCCCN)C(=O)NCC(=O)N[C@@H](CC(C)C)C(=O)N[C@@H](Cc1ccccc1)C(=O)N[C@@H](Cc1c[nH]c2ccccc12)C(=O)N[C@@H](CC(=O)O)C(=O)N1CCC[C@H]1C(=O)N[C@@H](C)C(=O)N[C@@H](CSC/C=C(\C)CC/C=C(\C)CCC=C(C)C)C(=O)O. The van der Waals surface area contributed by atoms with E-state index < -0.39 is 168 Å². The quantitative estimate of drug-likeness (QED) is 0.0186. The molecular weight excluding hydrogens is 1510 g/mol. The van der Waals surface area contributed by atoms with Crippen LogP contribution in [0.15, 0.2) is 120 Å². The van der Waals surface area contributed by atoms with Gasteiger partial charge in [0.2, 0.25) is 65.0 Å². The molecule has 0 bridgehead atoms. The van der Waals surface area contributed by atoms with Crippen LogP contribution in [0.2, 0.25) is 0 Å². The van der Waals surface area contributed by atoms with E-state index in [0.717, 1.165) is 36.2 Å². The third kappa shape index (κ3) is 32.7. The van der Waals surface area contributed by atoms with Crippen molar-refractivity contribution in [3.05, 3.63) is 137 Å². The molecule has 31 heteroatoms. The number of nitrogens with one attached hydrogen (secondary N) is 11. The summed E-state index contributed by atoms with van der Waals surface area (Å²) in [6, 6.07) is 7.11. The van der Waals surface area contributed by atoms with Crippen molar-refractivity contribution in [1.82, 2.24) is 63.1 Å². The van der Waals surface area contributed by atoms with Gasteiger partial charge in [0.05, 0.1) is 19.0 Å². The van der Waals surface area contributed by atoms with E-state index in [4.69, 9.17) is 11.5 Å². The molecule has 30 nitrogen and oxygen atoms in total. The van der Waals surface area contributed by atoms with Gasteiger partial charge in [-0.1, -0.05) is 150 Å². The van der Waals surface area contributed by atoms with Gasteiger partial charge in [-0.05, 0) is 164 Å². The highest BCUT2D eigenvalue weighted by atomic mass is 32.2. The van der Waals surface area contributed by atoms with Crippen LogP contribution in [0.4, 0.5) is 0 Å². The minimum absolute atomic E-state index is 0.0139. The number of para-hydroxylation sites is 1. The predicted octanol–water partition coefficient (Wildman–Crippen LogP) is 5.70. The number of carbonyl (C=O) groups is 13. The number of nitrogens with zero attached hydrogens (tertiary/aromatic N) is 1. The zero-order valence-corrected chi connectivity index (χ0v) is 69.7. The Labute approximate surface area is 685 Å². The van der Waals surface area contributed by atoms with Gasteiger partial charge in [0.15, 0.2) is 0 Å². The molecule has 5 rings (SSSR count). The number of phenolic OH excluding ortho intramolecular Hbond substituents is 1. The van der Waals surface area contributed by atoms with Gasteiger partial charge in [-0.2, -0.15) is 11.8 Å². The molecule has 13 atom stereocenters. The Bertz CT molecular complexity index is 4050. The molecule has 0 aliphatic carbocycles. The minimum atomic E-state index is -1.83. The summed E-state index contributed by atoms with van der Waals surface area (Å²) >= 11 is 1.32. The summed E-state index contributed by atoms with van der Waals surface area (Å²) in [6.07, 6.45) is 12.6. The highest BCUT2D eigenvalue weighted by Crippen LogP contribution is 2.24. The maximum Gasteiger partial charge on any atom is 0.327 e. The van der Waals surface area contributed by atoms with Crippen molar-refractivity contribution in [2.75, 3.05) is 31.1 Å². The molecule has 116 heavy (non-hydrogen) atoms. The number of unbranched alkanes of at least 4 members (excludes halogenated alkanes) is 1. The van der Waals surface area contributed by atoms with E-state index in [1.165, 1.54) is 42.0 Å². The van der Waals surface area contributed by atoms with Crippen LogP contribution >= 0.6 is 11.8 Å². The van der Waals surface area contributed by atoms with Gasteiger partial charge in [0, 0.05) is 48.0 Å². The third-order valence-electron chi connectivity index (χ3n) is 20.5. The lowest BCUT2D eigenvalue weighted by Crippen LogP contribution is -2.61. The number of hydrogen-bond donors (Lipinski definition) is 16. The van der Waals surface area contributed by atoms with Crippen LogP contribution in [-0.2, 0) is 81.6 Å². The van der Waals surface area contributed by atoms with Crippen LogP contribution in [-0.4, -0.2) is 200 Å². The molecule has 11 amide bonds. The molecule has 1 aliphatic heterocycles. The van der Waals surface area contributed by atoms with Crippen molar-refractivity contribution in [1.29, 1.82) is 0 Å². The molecule has 1 fully saturated rings. The van der Waals surface area contributed by atoms with E-state index in [1.54, 1.807) is 101 Å². The monoisotopic (exact) mass is 1630 g/mol. The number of aliphatic carboxylic acids is 2. The Kier molecular flexibility index (Phi) is 41.0. The van der Waals surface area contributed by atoms with Crippen molar-refractivity contribution >= 4 is 99.6 Å². The number of hydrogen-bond acceptors (Lipinski definition) is 17. The summed E-state index contributed by atoms with van der Waals surface area (Å²) in [5.74, 6) is -12.3. The molecule has 0 saturated carbocycles. The zero-order chi connectivity index (χ0) is 85.7. The van der Waals surface area contributed by atoms with Crippen LogP contribution in [0.25, 0.3) is 10.9 Å². The average molecular weight is 1630 g/mol. The first-order chi connectivity index (χ1) is 55.1. The van der Waals surface area contributed by atoms with E-state index in [-0.39, 0.29) is 75.5 Å². The van der Waals surface area contributed by atoms with E-state index in [0.29, 0.717) is 59.0 Å². The van der Waals surface area contributed by atoms with Crippen molar-refractivity contribution in [3.8, 4) is 5.75 Å². The number of fused-ring (bicyclic) bond motifs is 1. The number of amides is 11. The van der Waals surface area contributed by atoms with Crippen molar-refractivity contribution < 1.29 is 77.6 Å². The summed E-state index contributed by atoms with van der Waals surface area (Å²) in [7, 11) is 0. The first kappa shape index (κ1) is 96.2. The van der Waals surface area contributed by atoms with E-state index in [9.17, 15) is 68.1 Å². The Morgan fingerprint density at radius 2 is 1.15 bits per heavy atom. The molecule has 18 N–H and O–H groups in total. The average Bonchev–Trinajstić information content (AvgIpc) is 1.59. The van der Waals surface area contributed by atoms with Gasteiger partial charge in [0.25, 0.3) is 0 Å². The van der Waals surface area contributed by atoms with Crippen LogP contribution in [0, 0.1) is 17.8 Å². The molecule has 3 aromatic carbocycles. The van der Waals surface area contributed by atoms with Gasteiger partial charge in [0.1, 0.15) is 66.2 Å². The lowest BCUT2D eigenvalue weighted by Gasteiger charge is -2.30. The highest BCUT2D eigenvalue weighted by molar-refractivity contribution is 7.99. The van der Waals surface area contributed by atoms with Crippen LogP contribution in [0.1, 0.15) is 176 Å². The number of carbonyl (C=O) groups excluding carboxylic acids is 11. The summed E-state index contributed by atoms with van der Waals surface area (Å²) in [6.45, 7) is 19.9. The number of rotatable bonds is 50. The summed E-state index contributed by atoms with van der Waals surface area (Å²) in [5, 5.41) is 57.5. The van der Waals surface area contributed by atoms with E-state index in [2.05, 4.69) is 91.1 Å². The van der Waals surface area contributed by atoms with Gasteiger partial charge in [-0.25, -0.2) is 4.79 Å². The number of thioether (sulfide) groups is 1. The number of phenols is 1. The van der Waals surface area contributed by atoms with Gasteiger partial charge >= 0.3 is 11.9 Å². The van der Waals surface area contributed by atoms with Crippen molar-refractivity contribution in [3.63, 3.8) is 0 Å². The fourth-order valence-corrected chi connectivity index (χ4v) is 14.2. The number of likely N-dealkylation sites (tertiary alicyclic amines) is 1. The van der Waals surface area contributed by atoms with Crippen LogP contribution < -0.4 is 64.6 Å². The number of benzene rings is 3. The van der Waals surface area contributed by atoms with Crippen molar-refractivity contribution in [2.24, 2.45) is 29.2 Å². The largest absolute Gasteiger partial charge is 0.508 e. The smallest absolute Gasteiger partial charge is 0.327 e. The second-order valence-corrected chi connectivity index (χ2v) is 32.0. The van der Waals surface area contributed by atoms with Crippen LogP contribution in [0.3, 0.4) is 0 Å². The Balaban J connectivity index is 1.31. The minimum Gasteiger partial charge on any atom is -0.508 e. The third-order valence-corrected chi connectivity index (χ3v) is 21.5.